The standard InChI is InChI=1S/C25H26F3N3O3S/c1-19-11-13-23(14-12-19)35(33,34)31(22-10-6-7-20(17-22)25(26,27)28)18-24(32)29-15-16-30(2)21-8-4-3-5-9-21/h3-14,17H,15-16,18H2,1-2H3,(H,29,32). The van der Waals surface area contributed by atoms with Gasteiger partial charge in [-0.15, -0.1) is 0 Å². The smallest absolute Gasteiger partial charge is 0.373 e. The molecule has 3 rings (SSSR count). The number of hydrogen-bond acceptors (Lipinski definition) is 4. The van der Waals surface area contributed by atoms with Gasteiger partial charge in [-0.2, -0.15) is 13.2 Å². The number of anilines is 2. The number of sulfonamides is 1. The predicted molar refractivity (Wildman–Crippen MR) is 130 cm³/mol. The number of nitrogens with one attached hydrogen (secondary N) is 1. The Labute approximate surface area is 203 Å². The minimum atomic E-state index is -4.67. The van der Waals surface area contributed by atoms with Crippen LogP contribution in [0.5, 0.6) is 0 Å². The van der Waals surface area contributed by atoms with E-state index in [1.54, 1.807) is 19.1 Å². The Bertz CT molecular complexity index is 1250. The molecule has 186 valence electrons. The van der Waals surface area contributed by atoms with Gasteiger partial charge in [-0.3, -0.25) is 9.10 Å². The number of carbonyl (C=O) groups excluding carboxylic acids is 1. The topological polar surface area (TPSA) is 69.7 Å². The number of hydrogen-bond donors (Lipinski definition) is 1. The number of alkyl halides is 3. The molecule has 0 aliphatic rings. The summed E-state index contributed by atoms with van der Waals surface area (Å²) in [5, 5.41) is 2.65. The molecule has 0 spiro atoms. The van der Waals surface area contributed by atoms with Gasteiger partial charge in [0, 0.05) is 25.8 Å². The second-order valence-corrected chi connectivity index (χ2v) is 9.84. The number of carbonyl (C=O) groups is 1. The van der Waals surface area contributed by atoms with Crippen LogP contribution < -0.4 is 14.5 Å². The van der Waals surface area contributed by atoms with E-state index >= 15 is 0 Å². The normalized spacial score (nSPS) is 11.7. The van der Waals surface area contributed by atoms with E-state index in [-0.39, 0.29) is 17.1 Å². The summed E-state index contributed by atoms with van der Waals surface area (Å²) >= 11 is 0. The molecule has 6 nitrogen and oxygen atoms in total. The van der Waals surface area contributed by atoms with Crippen molar-refractivity contribution in [2.45, 2.75) is 18.0 Å². The molecule has 0 radical (unpaired) electrons. The Morgan fingerprint density at radius 2 is 1.54 bits per heavy atom. The molecule has 35 heavy (non-hydrogen) atoms. The van der Waals surface area contributed by atoms with E-state index in [4.69, 9.17) is 0 Å². The Hall–Kier alpha value is -3.53. The highest BCUT2D eigenvalue weighted by molar-refractivity contribution is 7.92. The zero-order valence-corrected chi connectivity index (χ0v) is 20.1. The zero-order valence-electron chi connectivity index (χ0n) is 19.3. The summed E-state index contributed by atoms with van der Waals surface area (Å²) in [6.07, 6.45) is -4.67. The maximum atomic E-state index is 13.4. The molecule has 3 aromatic carbocycles. The minimum Gasteiger partial charge on any atom is -0.373 e. The van der Waals surface area contributed by atoms with Gasteiger partial charge >= 0.3 is 6.18 Å². The largest absolute Gasteiger partial charge is 0.416 e. The number of likely N-dealkylation sites (N-methyl/N-ethyl adjacent to an activating group) is 1. The van der Waals surface area contributed by atoms with Crippen LogP contribution in [-0.2, 0) is 21.0 Å². The van der Waals surface area contributed by atoms with Crippen LogP contribution in [0.3, 0.4) is 0 Å². The monoisotopic (exact) mass is 505 g/mol. The van der Waals surface area contributed by atoms with Gasteiger partial charge in [-0.1, -0.05) is 42.0 Å². The van der Waals surface area contributed by atoms with E-state index in [0.717, 1.165) is 29.4 Å². The van der Waals surface area contributed by atoms with Gasteiger partial charge in [0.15, 0.2) is 0 Å². The Morgan fingerprint density at radius 1 is 0.914 bits per heavy atom. The molecule has 0 aliphatic carbocycles. The van der Waals surface area contributed by atoms with Crippen LogP contribution in [-0.4, -0.2) is 41.0 Å². The predicted octanol–water partition coefficient (Wildman–Crippen LogP) is 4.46. The number of para-hydroxylation sites is 1. The first-order chi connectivity index (χ1) is 16.5. The van der Waals surface area contributed by atoms with Crippen molar-refractivity contribution in [2.75, 3.05) is 35.9 Å². The average Bonchev–Trinajstić information content (AvgIpc) is 2.82. The molecular formula is C25H26F3N3O3S. The maximum absolute atomic E-state index is 13.4. The minimum absolute atomic E-state index is 0.128. The molecule has 0 atom stereocenters. The van der Waals surface area contributed by atoms with Crippen LogP contribution in [0, 0.1) is 6.92 Å². The first-order valence-electron chi connectivity index (χ1n) is 10.8. The van der Waals surface area contributed by atoms with E-state index in [2.05, 4.69) is 5.32 Å². The van der Waals surface area contributed by atoms with Crippen LogP contribution in [0.2, 0.25) is 0 Å². The Kier molecular flexibility index (Phi) is 8.06. The molecule has 0 bridgehead atoms. The lowest BCUT2D eigenvalue weighted by atomic mass is 10.2. The molecular weight excluding hydrogens is 479 g/mol. The fourth-order valence-corrected chi connectivity index (χ4v) is 4.76. The van der Waals surface area contributed by atoms with Crippen molar-refractivity contribution < 1.29 is 26.4 Å². The molecule has 0 heterocycles. The third-order valence-corrected chi connectivity index (χ3v) is 7.11. The lowest BCUT2D eigenvalue weighted by molar-refractivity contribution is -0.137. The van der Waals surface area contributed by atoms with Crippen LogP contribution in [0.1, 0.15) is 11.1 Å². The highest BCUT2D eigenvalue weighted by Crippen LogP contribution is 2.33. The van der Waals surface area contributed by atoms with Crippen molar-refractivity contribution in [3.05, 3.63) is 90.0 Å². The summed E-state index contributed by atoms with van der Waals surface area (Å²) in [7, 11) is -2.47. The highest BCUT2D eigenvalue weighted by atomic mass is 32.2. The van der Waals surface area contributed by atoms with Crippen molar-refractivity contribution in [3.8, 4) is 0 Å². The average molecular weight is 506 g/mol. The fourth-order valence-electron chi connectivity index (χ4n) is 3.35. The van der Waals surface area contributed by atoms with Gasteiger partial charge in [-0.25, -0.2) is 8.42 Å². The third kappa shape index (κ3) is 6.75. The van der Waals surface area contributed by atoms with Crippen LogP contribution in [0.25, 0.3) is 0 Å². The van der Waals surface area contributed by atoms with Crippen LogP contribution >= 0.6 is 0 Å². The molecule has 1 amide bonds. The second-order valence-electron chi connectivity index (χ2n) is 7.98. The summed E-state index contributed by atoms with van der Waals surface area (Å²) in [4.78, 5) is 14.5. The maximum Gasteiger partial charge on any atom is 0.416 e. The molecule has 0 unspecified atom stereocenters. The van der Waals surface area contributed by atoms with Gasteiger partial charge < -0.3 is 10.2 Å². The Morgan fingerprint density at radius 3 is 2.17 bits per heavy atom. The molecule has 0 fully saturated rings. The molecule has 0 saturated heterocycles. The second kappa shape index (κ2) is 10.8. The molecule has 0 saturated carbocycles. The number of amides is 1. The van der Waals surface area contributed by atoms with Crippen molar-refractivity contribution in [1.29, 1.82) is 0 Å². The molecule has 0 aromatic heterocycles. The van der Waals surface area contributed by atoms with Crippen molar-refractivity contribution in [2.24, 2.45) is 0 Å². The molecule has 10 heteroatoms. The van der Waals surface area contributed by atoms with Crippen molar-refractivity contribution >= 4 is 27.3 Å². The Balaban J connectivity index is 1.82. The number of aryl methyl sites for hydroxylation is 1. The SMILES string of the molecule is Cc1ccc(S(=O)(=O)N(CC(=O)NCCN(C)c2ccccc2)c2cccc(C(F)(F)F)c2)cc1. The quantitative estimate of drug-likeness (QED) is 0.466. The fraction of sp³-hybridized carbons (Fsp3) is 0.240. The number of nitrogens with zero attached hydrogens (tertiary/aromatic N) is 2. The third-order valence-electron chi connectivity index (χ3n) is 5.32. The number of rotatable bonds is 9. The van der Waals surface area contributed by atoms with Crippen molar-refractivity contribution in [3.63, 3.8) is 0 Å². The summed E-state index contributed by atoms with van der Waals surface area (Å²) in [5.41, 5.74) is 0.491. The van der Waals surface area contributed by atoms with E-state index in [0.29, 0.717) is 10.8 Å². The van der Waals surface area contributed by atoms with Gasteiger partial charge in [0.25, 0.3) is 10.0 Å². The summed E-state index contributed by atoms with van der Waals surface area (Å²) in [6, 6.07) is 19.3. The van der Waals surface area contributed by atoms with Gasteiger partial charge in [0.2, 0.25) is 5.91 Å². The summed E-state index contributed by atoms with van der Waals surface area (Å²) in [5.74, 6) is -0.639. The van der Waals surface area contributed by atoms with E-state index in [1.807, 2.05) is 42.3 Å². The summed E-state index contributed by atoms with van der Waals surface area (Å²) < 4.78 is 67.3. The molecule has 1 N–H and O–H groups in total. The van der Waals surface area contributed by atoms with E-state index in [1.165, 1.54) is 18.2 Å². The molecule has 3 aromatic rings. The lowest BCUT2D eigenvalue weighted by Gasteiger charge is -2.25. The van der Waals surface area contributed by atoms with Gasteiger partial charge in [0.1, 0.15) is 6.54 Å². The van der Waals surface area contributed by atoms with Crippen molar-refractivity contribution in [1.82, 2.24) is 5.32 Å². The summed E-state index contributed by atoms with van der Waals surface area (Å²) in [6.45, 7) is 1.77. The lowest BCUT2D eigenvalue weighted by Crippen LogP contribution is -2.42. The molecule has 0 aliphatic heterocycles. The number of benzene rings is 3. The van der Waals surface area contributed by atoms with E-state index in [9.17, 15) is 26.4 Å². The van der Waals surface area contributed by atoms with Crippen LogP contribution in [0.4, 0.5) is 24.5 Å². The van der Waals surface area contributed by atoms with Gasteiger partial charge in [0.05, 0.1) is 16.1 Å². The highest BCUT2D eigenvalue weighted by Gasteiger charge is 2.33. The first kappa shape index (κ1) is 26.1. The van der Waals surface area contributed by atoms with Gasteiger partial charge in [-0.05, 0) is 49.4 Å². The van der Waals surface area contributed by atoms with Crippen LogP contribution in [0.15, 0.2) is 83.8 Å². The first-order valence-corrected chi connectivity index (χ1v) is 12.2. The van der Waals surface area contributed by atoms with E-state index < -0.39 is 34.2 Å². The zero-order chi connectivity index (χ0) is 25.6. The number of halogens is 3.